The molecule has 2 rings (SSSR count). The molecule has 1 aromatic carbocycles. The molecule has 0 aliphatic heterocycles. The van der Waals surface area contributed by atoms with Crippen molar-refractivity contribution >= 4 is 5.91 Å². The van der Waals surface area contributed by atoms with Crippen molar-refractivity contribution in [2.45, 2.75) is 6.42 Å². The van der Waals surface area contributed by atoms with Crippen LogP contribution in [-0.4, -0.2) is 36.6 Å². The Morgan fingerprint density at radius 1 is 1.10 bits per heavy atom. The highest BCUT2D eigenvalue weighted by Gasteiger charge is 2.09. The number of methoxy groups -OCH3 is 2. The second-order valence-corrected chi connectivity index (χ2v) is 4.35. The van der Waals surface area contributed by atoms with Gasteiger partial charge in [-0.1, -0.05) is 0 Å². The topological polar surface area (TPSA) is 73.3 Å². The number of amides is 1. The van der Waals surface area contributed by atoms with Crippen LogP contribution in [0.25, 0.3) is 0 Å². The molecule has 0 aliphatic rings. The fourth-order valence-electron chi connectivity index (χ4n) is 1.82. The number of benzene rings is 1. The lowest BCUT2D eigenvalue weighted by Gasteiger charge is -2.09. The minimum absolute atomic E-state index is 0.177. The zero-order valence-electron chi connectivity index (χ0n) is 12.0. The second kappa shape index (κ2) is 7.23. The van der Waals surface area contributed by atoms with Crippen LogP contribution in [0.3, 0.4) is 0 Å². The van der Waals surface area contributed by atoms with Crippen molar-refractivity contribution in [3.63, 3.8) is 0 Å². The lowest BCUT2D eigenvalue weighted by molar-refractivity contribution is 0.0953. The first-order valence-electron chi connectivity index (χ1n) is 6.48. The van der Waals surface area contributed by atoms with E-state index in [-0.39, 0.29) is 5.91 Å². The number of ether oxygens (including phenoxy) is 2. The average molecular weight is 287 g/mol. The van der Waals surface area contributed by atoms with E-state index in [4.69, 9.17) is 9.47 Å². The predicted molar refractivity (Wildman–Crippen MR) is 77.6 cm³/mol. The molecule has 1 amide bonds. The number of nitrogens with zero attached hydrogens (tertiary/aromatic N) is 2. The largest absolute Gasteiger partial charge is 0.497 e. The van der Waals surface area contributed by atoms with Crippen LogP contribution in [0.2, 0.25) is 0 Å². The van der Waals surface area contributed by atoms with Crippen LogP contribution < -0.4 is 14.8 Å². The summed E-state index contributed by atoms with van der Waals surface area (Å²) in [7, 11) is 3.09. The van der Waals surface area contributed by atoms with E-state index in [2.05, 4.69) is 15.3 Å². The quantitative estimate of drug-likeness (QED) is 0.871. The first kappa shape index (κ1) is 14.8. The van der Waals surface area contributed by atoms with Crippen molar-refractivity contribution in [2.75, 3.05) is 20.8 Å². The highest BCUT2D eigenvalue weighted by molar-refractivity contribution is 5.95. The Labute approximate surface area is 123 Å². The fourth-order valence-corrected chi connectivity index (χ4v) is 1.82. The number of aromatic nitrogens is 2. The van der Waals surface area contributed by atoms with Gasteiger partial charge in [0.15, 0.2) is 0 Å². The summed E-state index contributed by atoms with van der Waals surface area (Å²) in [5.41, 5.74) is 1.47. The van der Waals surface area contributed by atoms with E-state index in [0.29, 0.717) is 30.0 Å². The van der Waals surface area contributed by atoms with Crippen LogP contribution in [0.15, 0.2) is 36.9 Å². The number of rotatable bonds is 6. The summed E-state index contributed by atoms with van der Waals surface area (Å²) in [4.78, 5) is 20.0. The zero-order chi connectivity index (χ0) is 15.1. The SMILES string of the molecule is COc1cc(OC)cc(C(=O)NCCc2cncnc2)c1. The van der Waals surface area contributed by atoms with E-state index in [0.717, 1.165) is 5.56 Å². The lowest BCUT2D eigenvalue weighted by atomic mass is 10.1. The predicted octanol–water partition coefficient (Wildman–Crippen LogP) is 1.47. The van der Waals surface area contributed by atoms with E-state index in [1.54, 1.807) is 44.8 Å². The Hall–Kier alpha value is -2.63. The van der Waals surface area contributed by atoms with Crippen molar-refractivity contribution in [2.24, 2.45) is 0 Å². The van der Waals surface area contributed by atoms with E-state index in [9.17, 15) is 4.79 Å². The van der Waals surface area contributed by atoms with Gasteiger partial charge in [-0.05, 0) is 24.1 Å². The van der Waals surface area contributed by atoms with Gasteiger partial charge in [0.05, 0.1) is 14.2 Å². The van der Waals surface area contributed by atoms with Crippen molar-refractivity contribution in [3.05, 3.63) is 48.0 Å². The first-order chi connectivity index (χ1) is 10.2. The van der Waals surface area contributed by atoms with Gasteiger partial charge in [-0.15, -0.1) is 0 Å². The molecule has 2 aromatic rings. The van der Waals surface area contributed by atoms with Gasteiger partial charge in [-0.2, -0.15) is 0 Å². The minimum atomic E-state index is -0.177. The summed E-state index contributed by atoms with van der Waals surface area (Å²) in [6.07, 6.45) is 5.61. The third-order valence-corrected chi connectivity index (χ3v) is 2.93. The van der Waals surface area contributed by atoms with Gasteiger partial charge in [-0.25, -0.2) is 9.97 Å². The maximum Gasteiger partial charge on any atom is 0.251 e. The van der Waals surface area contributed by atoms with Crippen molar-refractivity contribution in [1.29, 1.82) is 0 Å². The highest BCUT2D eigenvalue weighted by atomic mass is 16.5. The molecule has 0 bridgehead atoms. The van der Waals surface area contributed by atoms with Crippen LogP contribution in [0.1, 0.15) is 15.9 Å². The van der Waals surface area contributed by atoms with Gasteiger partial charge in [0.2, 0.25) is 0 Å². The lowest BCUT2D eigenvalue weighted by Crippen LogP contribution is -2.25. The maximum absolute atomic E-state index is 12.1. The molecule has 21 heavy (non-hydrogen) atoms. The molecule has 1 aromatic heterocycles. The fraction of sp³-hybridized carbons (Fsp3) is 0.267. The monoisotopic (exact) mass is 287 g/mol. The summed E-state index contributed by atoms with van der Waals surface area (Å²) in [5, 5.41) is 2.84. The van der Waals surface area contributed by atoms with Crippen LogP contribution >= 0.6 is 0 Å². The Kier molecular flexibility index (Phi) is 5.09. The van der Waals surface area contributed by atoms with Gasteiger partial charge in [0.1, 0.15) is 17.8 Å². The van der Waals surface area contributed by atoms with Crippen LogP contribution in [-0.2, 0) is 6.42 Å². The van der Waals surface area contributed by atoms with Gasteiger partial charge in [0, 0.05) is 30.6 Å². The van der Waals surface area contributed by atoms with Crippen LogP contribution in [0.5, 0.6) is 11.5 Å². The summed E-state index contributed by atoms with van der Waals surface area (Å²) in [6.45, 7) is 0.506. The van der Waals surface area contributed by atoms with Crippen molar-refractivity contribution < 1.29 is 14.3 Å². The Bertz CT molecular complexity index is 580. The molecule has 1 heterocycles. The molecule has 0 saturated carbocycles. The number of nitrogens with one attached hydrogen (secondary N) is 1. The molecule has 0 spiro atoms. The highest BCUT2D eigenvalue weighted by Crippen LogP contribution is 2.22. The van der Waals surface area contributed by atoms with Gasteiger partial charge in [0.25, 0.3) is 5.91 Å². The van der Waals surface area contributed by atoms with Gasteiger partial charge >= 0.3 is 0 Å². The normalized spacial score (nSPS) is 10.0. The van der Waals surface area contributed by atoms with Crippen LogP contribution in [0, 0.1) is 0 Å². The zero-order valence-corrected chi connectivity index (χ0v) is 12.0. The minimum Gasteiger partial charge on any atom is -0.497 e. The molecular formula is C15H17N3O3. The van der Waals surface area contributed by atoms with E-state index < -0.39 is 0 Å². The molecular weight excluding hydrogens is 270 g/mol. The van der Waals surface area contributed by atoms with E-state index in [1.165, 1.54) is 6.33 Å². The number of hydrogen-bond donors (Lipinski definition) is 1. The summed E-state index contributed by atoms with van der Waals surface area (Å²) < 4.78 is 10.3. The van der Waals surface area contributed by atoms with Crippen molar-refractivity contribution in [1.82, 2.24) is 15.3 Å². The first-order valence-corrected chi connectivity index (χ1v) is 6.48. The molecule has 0 aliphatic carbocycles. The number of carbonyl (C=O) groups excluding carboxylic acids is 1. The summed E-state index contributed by atoms with van der Waals surface area (Å²) in [6, 6.07) is 5.06. The molecule has 0 saturated heterocycles. The Morgan fingerprint density at radius 2 is 1.71 bits per heavy atom. The molecule has 0 fully saturated rings. The Balaban J connectivity index is 1.97. The third kappa shape index (κ3) is 4.17. The third-order valence-electron chi connectivity index (χ3n) is 2.93. The van der Waals surface area contributed by atoms with Gasteiger partial charge in [-0.3, -0.25) is 4.79 Å². The average Bonchev–Trinajstić information content (AvgIpc) is 2.55. The maximum atomic E-state index is 12.1. The Morgan fingerprint density at radius 3 is 2.29 bits per heavy atom. The van der Waals surface area contributed by atoms with Gasteiger partial charge < -0.3 is 14.8 Å². The molecule has 110 valence electrons. The van der Waals surface area contributed by atoms with E-state index >= 15 is 0 Å². The molecule has 0 radical (unpaired) electrons. The van der Waals surface area contributed by atoms with Crippen LogP contribution in [0.4, 0.5) is 0 Å². The van der Waals surface area contributed by atoms with Crippen molar-refractivity contribution in [3.8, 4) is 11.5 Å². The van der Waals surface area contributed by atoms with E-state index in [1.807, 2.05) is 0 Å². The molecule has 6 nitrogen and oxygen atoms in total. The smallest absolute Gasteiger partial charge is 0.251 e. The number of hydrogen-bond acceptors (Lipinski definition) is 5. The molecule has 1 N–H and O–H groups in total. The second-order valence-electron chi connectivity index (χ2n) is 4.35. The molecule has 0 unspecified atom stereocenters. The number of carbonyl (C=O) groups is 1. The standard InChI is InChI=1S/C15H17N3O3/c1-20-13-5-12(6-14(7-13)21-2)15(19)18-4-3-11-8-16-10-17-9-11/h5-10H,3-4H2,1-2H3,(H,18,19). The molecule has 0 atom stereocenters. The summed E-state index contributed by atoms with van der Waals surface area (Å²) >= 11 is 0. The summed E-state index contributed by atoms with van der Waals surface area (Å²) in [5.74, 6) is 0.982. The molecule has 6 heteroatoms.